The Hall–Kier alpha value is -4.34. The second kappa shape index (κ2) is 9.44. The van der Waals surface area contributed by atoms with Gasteiger partial charge in [0.1, 0.15) is 36.1 Å². The molecular formula is C22H17N3O6. The molecule has 0 spiro atoms. The van der Waals surface area contributed by atoms with Crippen molar-refractivity contribution in [2.24, 2.45) is 0 Å². The summed E-state index contributed by atoms with van der Waals surface area (Å²) < 4.78 is 20.8. The molecule has 0 unspecified atom stereocenters. The number of nitrogens with zero attached hydrogens (tertiary/aromatic N) is 3. The molecular weight excluding hydrogens is 402 g/mol. The molecule has 0 N–H and O–H groups in total. The number of esters is 2. The van der Waals surface area contributed by atoms with E-state index in [0.717, 1.165) is 0 Å². The minimum atomic E-state index is -0.689. The van der Waals surface area contributed by atoms with Crippen LogP contribution >= 0.6 is 0 Å². The van der Waals surface area contributed by atoms with Crippen LogP contribution in [0.4, 0.5) is 5.69 Å². The lowest BCUT2D eigenvalue weighted by atomic mass is 10.1. The summed E-state index contributed by atoms with van der Waals surface area (Å²) in [5.41, 5.74) is 1.14. The van der Waals surface area contributed by atoms with E-state index in [-0.39, 0.29) is 35.7 Å². The average Bonchev–Trinajstić information content (AvgIpc) is 2.82. The largest absolute Gasteiger partial charge is 0.466 e. The number of rotatable bonds is 5. The molecule has 0 radical (unpaired) electrons. The van der Waals surface area contributed by atoms with Crippen LogP contribution in [0.15, 0.2) is 53.7 Å². The van der Waals surface area contributed by atoms with Crippen LogP contribution in [-0.2, 0) is 23.8 Å². The summed E-state index contributed by atoms with van der Waals surface area (Å²) in [6.45, 7) is -0.0407. The number of carbonyl (C=O) groups is 2. The van der Waals surface area contributed by atoms with Crippen molar-refractivity contribution >= 4 is 17.6 Å². The van der Waals surface area contributed by atoms with Gasteiger partial charge >= 0.3 is 11.9 Å². The third kappa shape index (κ3) is 4.47. The van der Waals surface area contributed by atoms with E-state index in [2.05, 4.69) is 0 Å². The fourth-order valence-electron chi connectivity index (χ4n) is 2.95. The van der Waals surface area contributed by atoms with Gasteiger partial charge in [-0.1, -0.05) is 0 Å². The summed E-state index contributed by atoms with van der Waals surface area (Å²) in [7, 11) is 2.44. The molecule has 31 heavy (non-hydrogen) atoms. The van der Waals surface area contributed by atoms with Gasteiger partial charge in [0.2, 0.25) is 0 Å². The van der Waals surface area contributed by atoms with E-state index >= 15 is 0 Å². The number of hydrogen-bond acceptors (Lipinski definition) is 9. The first-order chi connectivity index (χ1) is 15.0. The molecule has 0 saturated carbocycles. The van der Waals surface area contributed by atoms with Gasteiger partial charge in [-0.3, -0.25) is 0 Å². The Labute approximate surface area is 178 Å². The van der Waals surface area contributed by atoms with E-state index in [1.165, 1.54) is 31.3 Å². The molecule has 9 heteroatoms. The van der Waals surface area contributed by atoms with E-state index in [9.17, 15) is 9.59 Å². The first kappa shape index (κ1) is 21.4. The second-order valence-corrected chi connectivity index (χ2v) is 6.24. The molecule has 0 atom stereocenters. The van der Waals surface area contributed by atoms with Crippen molar-refractivity contribution in [2.45, 2.75) is 0 Å². The van der Waals surface area contributed by atoms with Gasteiger partial charge in [0.05, 0.1) is 37.5 Å². The normalized spacial score (nSPS) is 13.1. The summed E-state index contributed by atoms with van der Waals surface area (Å²) in [5.74, 6) is -0.510. The van der Waals surface area contributed by atoms with E-state index in [4.69, 9.17) is 29.5 Å². The lowest BCUT2D eigenvalue weighted by Gasteiger charge is -2.31. The Bertz CT molecular complexity index is 1130. The van der Waals surface area contributed by atoms with Crippen molar-refractivity contribution < 1.29 is 28.5 Å². The van der Waals surface area contributed by atoms with Crippen LogP contribution in [0.2, 0.25) is 0 Å². The van der Waals surface area contributed by atoms with Gasteiger partial charge in [-0.2, -0.15) is 10.5 Å². The highest BCUT2D eigenvalue weighted by Crippen LogP contribution is 2.30. The number of anilines is 1. The number of ether oxygens (including phenoxy) is 4. The highest BCUT2D eigenvalue weighted by molar-refractivity contribution is 6.03. The Morgan fingerprint density at radius 2 is 1.58 bits per heavy atom. The third-order valence-electron chi connectivity index (χ3n) is 4.45. The molecule has 9 nitrogen and oxygen atoms in total. The van der Waals surface area contributed by atoms with Crippen molar-refractivity contribution in [3.63, 3.8) is 0 Å². The number of hydrogen-bond donors (Lipinski definition) is 0. The lowest BCUT2D eigenvalue weighted by Crippen LogP contribution is -2.38. The summed E-state index contributed by atoms with van der Waals surface area (Å²) in [5, 5.41) is 18.1. The molecule has 0 saturated heterocycles. The van der Waals surface area contributed by atoms with Crippen LogP contribution in [0, 0.1) is 22.7 Å². The van der Waals surface area contributed by atoms with Crippen LogP contribution in [0.3, 0.4) is 0 Å². The van der Waals surface area contributed by atoms with Gasteiger partial charge in [0.25, 0.3) is 0 Å². The van der Waals surface area contributed by atoms with Gasteiger partial charge in [0.15, 0.2) is 0 Å². The predicted molar refractivity (Wildman–Crippen MR) is 107 cm³/mol. The zero-order chi connectivity index (χ0) is 22.4. The molecule has 156 valence electrons. The third-order valence-corrected chi connectivity index (χ3v) is 4.45. The van der Waals surface area contributed by atoms with Gasteiger partial charge < -0.3 is 23.8 Å². The number of nitriles is 2. The first-order valence-electron chi connectivity index (χ1n) is 8.99. The highest BCUT2D eigenvalue weighted by Gasteiger charge is 2.32. The van der Waals surface area contributed by atoms with Gasteiger partial charge in [-0.05, 0) is 42.5 Å². The number of benzene rings is 2. The van der Waals surface area contributed by atoms with Gasteiger partial charge in [0, 0.05) is 5.69 Å². The standard InChI is InChI=1S/C22H17N3O6/c1-28-21(26)19-12-30-13-25(20(19)22(27)29-2)16-4-7-17(8-5-16)31-18-6-3-14(10-23)15(9-18)11-24/h3-9H,12-13H2,1-2H3. The molecule has 0 bridgehead atoms. The summed E-state index contributed by atoms with van der Waals surface area (Å²) in [6, 6.07) is 15.1. The molecule has 1 aliphatic rings. The first-order valence-corrected chi connectivity index (χ1v) is 8.99. The van der Waals surface area contributed by atoms with E-state index in [1.54, 1.807) is 30.3 Å². The minimum Gasteiger partial charge on any atom is -0.466 e. The molecule has 0 aromatic heterocycles. The Kier molecular flexibility index (Phi) is 6.51. The van der Waals surface area contributed by atoms with Gasteiger partial charge in [-0.25, -0.2) is 9.59 Å². The molecule has 0 fully saturated rings. The maximum atomic E-state index is 12.3. The summed E-state index contributed by atoms with van der Waals surface area (Å²) in [6.07, 6.45) is 0. The monoisotopic (exact) mass is 419 g/mol. The maximum Gasteiger partial charge on any atom is 0.355 e. The molecule has 2 aromatic rings. The van der Waals surface area contributed by atoms with Crippen LogP contribution in [0.5, 0.6) is 11.5 Å². The van der Waals surface area contributed by atoms with Crippen molar-refractivity contribution in [2.75, 3.05) is 32.5 Å². The fourth-order valence-corrected chi connectivity index (χ4v) is 2.95. The molecule has 1 aliphatic heterocycles. The Morgan fingerprint density at radius 1 is 0.935 bits per heavy atom. The smallest absolute Gasteiger partial charge is 0.355 e. The molecule has 0 aliphatic carbocycles. The predicted octanol–water partition coefficient (Wildman–Crippen LogP) is 2.62. The second-order valence-electron chi connectivity index (χ2n) is 6.24. The Morgan fingerprint density at radius 3 is 2.19 bits per heavy atom. The van der Waals surface area contributed by atoms with E-state index in [0.29, 0.717) is 17.2 Å². The van der Waals surface area contributed by atoms with Crippen molar-refractivity contribution in [1.29, 1.82) is 10.5 Å². The topological polar surface area (TPSA) is 122 Å². The fraction of sp³-hybridized carbons (Fsp3) is 0.182. The SMILES string of the molecule is COC(=O)C1=C(C(=O)OC)N(c2ccc(Oc3ccc(C#N)c(C#N)c3)cc2)COC1. The molecule has 1 heterocycles. The average molecular weight is 419 g/mol. The van der Waals surface area contributed by atoms with Crippen molar-refractivity contribution in [3.05, 3.63) is 64.9 Å². The lowest BCUT2D eigenvalue weighted by molar-refractivity contribution is -0.140. The molecule has 3 rings (SSSR count). The van der Waals surface area contributed by atoms with E-state index in [1.807, 2.05) is 12.1 Å². The minimum absolute atomic E-state index is 0.0340. The zero-order valence-electron chi connectivity index (χ0n) is 16.7. The number of methoxy groups -OCH3 is 2. The molecule has 0 amide bonds. The highest BCUT2D eigenvalue weighted by atomic mass is 16.5. The quantitative estimate of drug-likeness (QED) is 0.673. The van der Waals surface area contributed by atoms with Crippen LogP contribution in [-0.4, -0.2) is 39.5 Å². The van der Waals surface area contributed by atoms with Crippen LogP contribution in [0.1, 0.15) is 11.1 Å². The zero-order valence-corrected chi connectivity index (χ0v) is 16.7. The summed E-state index contributed by atoms with van der Waals surface area (Å²) >= 11 is 0. The van der Waals surface area contributed by atoms with Crippen LogP contribution in [0.25, 0.3) is 0 Å². The van der Waals surface area contributed by atoms with Gasteiger partial charge in [-0.15, -0.1) is 0 Å². The summed E-state index contributed by atoms with van der Waals surface area (Å²) in [4.78, 5) is 25.9. The van der Waals surface area contributed by atoms with Crippen LogP contribution < -0.4 is 9.64 Å². The van der Waals surface area contributed by atoms with Crippen molar-refractivity contribution in [1.82, 2.24) is 0 Å². The maximum absolute atomic E-state index is 12.3. The number of carbonyl (C=O) groups excluding carboxylic acids is 2. The Balaban J connectivity index is 1.88. The van der Waals surface area contributed by atoms with E-state index < -0.39 is 11.9 Å². The molecule has 2 aromatic carbocycles. The van der Waals surface area contributed by atoms with Crippen molar-refractivity contribution in [3.8, 4) is 23.6 Å².